The summed E-state index contributed by atoms with van der Waals surface area (Å²) >= 11 is 0. The molecule has 1 aliphatic heterocycles. The Balaban J connectivity index is 1.69. The second-order valence-electron chi connectivity index (χ2n) is 6.02. The zero-order chi connectivity index (χ0) is 16.8. The third-order valence-corrected chi connectivity index (χ3v) is 4.21. The van der Waals surface area contributed by atoms with Crippen LogP contribution in [0.5, 0.6) is 5.75 Å². The lowest BCUT2D eigenvalue weighted by Crippen LogP contribution is -2.45. The summed E-state index contributed by atoms with van der Waals surface area (Å²) in [5.41, 5.74) is 1.54. The molecule has 2 aromatic rings. The summed E-state index contributed by atoms with van der Waals surface area (Å²) in [5, 5.41) is 13.8. The van der Waals surface area contributed by atoms with Crippen LogP contribution in [-0.4, -0.2) is 42.7 Å². The van der Waals surface area contributed by atoms with Crippen LogP contribution in [0.2, 0.25) is 0 Å². The maximum Gasteiger partial charge on any atom is 0.125 e. The number of aliphatic hydroxyl groups excluding tert-OH is 1. The molecule has 128 valence electrons. The van der Waals surface area contributed by atoms with Gasteiger partial charge in [0.15, 0.2) is 0 Å². The molecule has 1 unspecified atom stereocenters. The Morgan fingerprint density at radius 2 is 1.88 bits per heavy atom. The highest BCUT2D eigenvalue weighted by molar-refractivity contribution is 5.36. The number of ether oxygens (including phenoxy) is 1. The molecular weight excluding hydrogens is 307 g/mol. The Morgan fingerprint density at radius 3 is 2.62 bits per heavy atom. The summed E-state index contributed by atoms with van der Waals surface area (Å²) in [6, 6.07) is 14.1. The predicted octanol–water partition coefficient (Wildman–Crippen LogP) is 2.34. The van der Waals surface area contributed by atoms with E-state index < -0.39 is 6.10 Å². The molecule has 0 spiro atoms. The first-order valence-electron chi connectivity index (χ1n) is 8.29. The summed E-state index contributed by atoms with van der Waals surface area (Å²) < 4.78 is 19.5. The van der Waals surface area contributed by atoms with Crippen LogP contribution in [0.1, 0.15) is 17.2 Å². The van der Waals surface area contributed by atoms with Crippen molar-refractivity contribution in [3.8, 4) is 5.75 Å². The van der Waals surface area contributed by atoms with Crippen molar-refractivity contribution < 1.29 is 14.2 Å². The molecule has 0 saturated carbocycles. The summed E-state index contributed by atoms with van der Waals surface area (Å²) in [6.45, 7) is 4.45. The topological polar surface area (TPSA) is 44.7 Å². The molecule has 4 nitrogen and oxygen atoms in total. The highest BCUT2D eigenvalue weighted by Gasteiger charge is 2.19. The predicted molar refractivity (Wildman–Crippen MR) is 91.4 cm³/mol. The summed E-state index contributed by atoms with van der Waals surface area (Å²) in [7, 11) is 0. The number of benzene rings is 2. The van der Waals surface area contributed by atoms with Gasteiger partial charge in [0, 0.05) is 38.3 Å². The highest BCUT2D eigenvalue weighted by Crippen LogP contribution is 2.28. The van der Waals surface area contributed by atoms with Gasteiger partial charge >= 0.3 is 0 Å². The highest BCUT2D eigenvalue weighted by atomic mass is 19.1. The minimum atomic E-state index is -0.774. The van der Waals surface area contributed by atoms with Gasteiger partial charge in [0.05, 0.1) is 6.10 Å². The first-order valence-corrected chi connectivity index (χ1v) is 8.29. The van der Waals surface area contributed by atoms with Crippen LogP contribution < -0.4 is 10.1 Å². The van der Waals surface area contributed by atoms with Gasteiger partial charge in [0.1, 0.15) is 18.2 Å². The lowest BCUT2D eigenvalue weighted by molar-refractivity contribution is 0.102. The Hall–Kier alpha value is -1.95. The van der Waals surface area contributed by atoms with Crippen molar-refractivity contribution in [3.63, 3.8) is 0 Å². The number of hydrogen-bond donors (Lipinski definition) is 2. The smallest absolute Gasteiger partial charge is 0.125 e. The second-order valence-corrected chi connectivity index (χ2v) is 6.02. The minimum absolute atomic E-state index is 0.364. The summed E-state index contributed by atoms with van der Waals surface area (Å²) in [4.78, 5) is 2.17. The standard InChI is InChI=1S/C19H23FN2O2/c20-16-6-7-19(24-14-15-4-2-1-3-5-15)17(12-16)18(23)13-22-10-8-21-9-11-22/h1-7,12,18,21,23H,8-11,13-14H2. The average molecular weight is 330 g/mol. The molecular formula is C19H23FN2O2. The molecule has 0 amide bonds. The Bertz CT molecular complexity index is 645. The van der Waals surface area contributed by atoms with Gasteiger partial charge in [0.2, 0.25) is 0 Å². The number of piperazine rings is 1. The van der Waals surface area contributed by atoms with Crippen molar-refractivity contribution >= 4 is 0 Å². The monoisotopic (exact) mass is 330 g/mol. The van der Waals surface area contributed by atoms with E-state index in [9.17, 15) is 9.50 Å². The maximum atomic E-state index is 13.7. The van der Waals surface area contributed by atoms with E-state index in [2.05, 4.69) is 10.2 Å². The fourth-order valence-electron chi connectivity index (χ4n) is 2.88. The molecule has 1 fully saturated rings. The van der Waals surface area contributed by atoms with Gasteiger partial charge in [-0.25, -0.2) is 4.39 Å². The molecule has 0 aromatic heterocycles. The minimum Gasteiger partial charge on any atom is -0.489 e. The molecule has 0 radical (unpaired) electrons. The van der Waals surface area contributed by atoms with Gasteiger partial charge in [-0.1, -0.05) is 30.3 Å². The van der Waals surface area contributed by atoms with Crippen molar-refractivity contribution in [2.45, 2.75) is 12.7 Å². The zero-order valence-corrected chi connectivity index (χ0v) is 13.6. The lowest BCUT2D eigenvalue weighted by Gasteiger charge is -2.29. The summed E-state index contributed by atoms with van der Waals surface area (Å²) in [6.07, 6.45) is -0.774. The van der Waals surface area contributed by atoms with Crippen LogP contribution in [0.15, 0.2) is 48.5 Å². The number of β-amino-alcohol motifs (C(OH)–C–C–N with tert-alkyl or cyclic N) is 1. The van der Waals surface area contributed by atoms with E-state index in [1.165, 1.54) is 12.1 Å². The van der Waals surface area contributed by atoms with Crippen molar-refractivity contribution in [2.24, 2.45) is 0 Å². The molecule has 2 aromatic carbocycles. The number of rotatable bonds is 6. The first kappa shape index (κ1) is 16.9. The van der Waals surface area contributed by atoms with E-state index in [4.69, 9.17) is 4.74 Å². The number of halogens is 1. The van der Waals surface area contributed by atoms with E-state index in [1.807, 2.05) is 30.3 Å². The third-order valence-electron chi connectivity index (χ3n) is 4.21. The molecule has 1 aliphatic rings. The molecule has 2 N–H and O–H groups in total. The largest absolute Gasteiger partial charge is 0.489 e. The SMILES string of the molecule is OC(CN1CCNCC1)c1cc(F)ccc1OCc1ccccc1. The molecule has 3 rings (SSSR count). The lowest BCUT2D eigenvalue weighted by atomic mass is 10.1. The van der Waals surface area contributed by atoms with Crippen molar-refractivity contribution in [2.75, 3.05) is 32.7 Å². The zero-order valence-electron chi connectivity index (χ0n) is 13.6. The fraction of sp³-hybridized carbons (Fsp3) is 0.368. The Labute approximate surface area is 141 Å². The molecule has 1 saturated heterocycles. The number of aliphatic hydroxyl groups is 1. The molecule has 24 heavy (non-hydrogen) atoms. The van der Waals surface area contributed by atoms with Crippen molar-refractivity contribution in [3.05, 3.63) is 65.5 Å². The van der Waals surface area contributed by atoms with Gasteiger partial charge < -0.3 is 15.2 Å². The van der Waals surface area contributed by atoms with Crippen molar-refractivity contribution in [1.82, 2.24) is 10.2 Å². The maximum absolute atomic E-state index is 13.7. The average Bonchev–Trinajstić information content (AvgIpc) is 2.62. The quantitative estimate of drug-likeness (QED) is 0.853. The van der Waals surface area contributed by atoms with Crippen LogP contribution >= 0.6 is 0 Å². The van der Waals surface area contributed by atoms with E-state index >= 15 is 0 Å². The number of nitrogens with one attached hydrogen (secondary N) is 1. The van der Waals surface area contributed by atoms with Crippen molar-refractivity contribution in [1.29, 1.82) is 0 Å². The summed E-state index contributed by atoms with van der Waals surface area (Å²) in [5.74, 6) is 0.166. The molecule has 1 heterocycles. The van der Waals surface area contributed by atoms with E-state index in [0.29, 0.717) is 24.5 Å². The van der Waals surface area contributed by atoms with E-state index in [0.717, 1.165) is 31.7 Å². The van der Waals surface area contributed by atoms with Crippen LogP contribution in [0.4, 0.5) is 4.39 Å². The van der Waals surface area contributed by atoms with Gasteiger partial charge in [-0.2, -0.15) is 0 Å². The van der Waals surface area contributed by atoms with E-state index in [1.54, 1.807) is 6.07 Å². The van der Waals surface area contributed by atoms with Crippen LogP contribution in [-0.2, 0) is 6.61 Å². The molecule has 5 heteroatoms. The van der Waals surface area contributed by atoms with Crippen LogP contribution in [0.25, 0.3) is 0 Å². The third kappa shape index (κ3) is 4.54. The Morgan fingerprint density at radius 1 is 1.12 bits per heavy atom. The second kappa shape index (κ2) is 8.24. The van der Waals surface area contributed by atoms with E-state index in [-0.39, 0.29) is 5.82 Å². The number of hydrogen-bond acceptors (Lipinski definition) is 4. The molecule has 1 atom stereocenters. The van der Waals surface area contributed by atoms with Gasteiger partial charge in [-0.3, -0.25) is 4.90 Å². The molecule has 0 bridgehead atoms. The van der Waals surface area contributed by atoms with Gasteiger partial charge in [-0.05, 0) is 23.8 Å². The number of nitrogens with zero attached hydrogens (tertiary/aromatic N) is 1. The van der Waals surface area contributed by atoms with Gasteiger partial charge in [-0.15, -0.1) is 0 Å². The normalized spacial score (nSPS) is 16.8. The van der Waals surface area contributed by atoms with Crippen LogP contribution in [0, 0.1) is 5.82 Å². The fourth-order valence-corrected chi connectivity index (χ4v) is 2.88. The Kier molecular flexibility index (Phi) is 5.80. The molecule has 0 aliphatic carbocycles. The van der Waals surface area contributed by atoms with Crippen LogP contribution in [0.3, 0.4) is 0 Å². The van der Waals surface area contributed by atoms with Gasteiger partial charge in [0.25, 0.3) is 0 Å². The first-order chi connectivity index (χ1) is 11.7.